The summed E-state index contributed by atoms with van der Waals surface area (Å²) in [6, 6.07) is 2.53. The monoisotopic (exact) mass is 424 g/mol. The van der Waals surface area contributed by atoms with Crippen molar-refractivity contribution in [1.82, 2.24) is 19.9 Å². The predicted molar refractivity (Wildman–Crippen MR) is 101 cm³/mol. The summed E-state index contributed by atoms with van der Waals surface area (Å²) in [4.78, 5) is 39.8. The van der Waals surface area contributed by atoms with Gasteiger partial charge in [-0.1, -0.05) is 0 Å². The third-order valence-corrected chi connectivity index (χ3v) is 6.75. The van der Waals surface area contributed by atoms with E-state index in [1.165, 1.54) is 29.7 Å². The van der Waals surface area contributed by atoms with Gasteiger partial charge in [0.1, 0.15) is 4.90 Å². The molecule has 1 aliphatic heterocycles. The minimum absolute atomic E-state index is 0.105. The van der Waals surface area contributed by atoms with E-state index >= 15 is 0 Å². The van der Waals surface area contributed by atoms with Gasteiger partial charge in [0, 0.05) is 31.5 Å². The molecule has 11 heteroatoms. The van der Waals surface area contributed by atoms with Crippen LogP contribution < -0.4 is 10.6 Å². The highest BCUT2D eigenvalue weighted by Crippen LogP contribution is 2.24. The van der Waals surface area contributed by atoms with Crippen molar-refractivity contribution in [1.29, 1.82) is 0 Å². The third-order valence-electron chi connectivity index (χ3n) is 4.87. The maximum atomic E-state index is 12.6. The number of hydrogen-bond donors (Lipinski definition) is 2. The highest BCUT2D eigenvalue weighted by molar-refractivity contribution is 7.89. The largest absolute Gasteiger partial charge is 0.452 e. The van der Waals surface area contributed by atoms with E-state index in [9.17, 15) is 22.8 Å². The number of rotatable bonds is 6. The Hall–Kier alpha value is -2.53. The van der Waals surface area contributed by atoms with Gasteiger partial charge in [0.25, 0.3) is 5.91 Å². The number of aromatic nitrogens is 1. The Morgan fingerprint density at radius 2 is 1.90 bits per heavy atom. The lowest BCUT2D eigenvalue weighted by atomic mass is 9.98. The molecule has 0 spiro atoms. The van der Waals surface area contributed by atoms with Crippen LogP contribution in [0.15, 0.2) is 29.4 Å². The van der Waals surface area contributed by atoms with Crippen molar-refractivity contribution in [2.45, 2.75) is 49.6 Å². The molecule has 0 aromatic carbocycles. The van der Waals surface area contributed by atoms with Gasteiger partial charge in [0.05, 0.1) is 5.92 Å². The van der Waals surface area contributed by atoms with Gasteiger partial charge < -0.3 is 10.1 Å². The zero-order valence-corrected chi connectivity index (χ0v) is 16.9. The summed E-state index contributed by atoms with van der Waals surface area (Å²) in [6.45, 7) is 1.72. The van der Waals surface area contributed by atoms with Gasteiger partial charge in [-0.2, -0.15) is 4.31 Å². The normalized spacial score (nSPS) is 19.2. The molecule has 1 aromatic heterocycles. The number of ether oxygens (including phenoxy) is 1. The van der Waals surface area contributed by atoms with Crippen molar-refractivity contribution in [2.75, 3.05) is 13.1 Å². The number of urea groups is 1. The van der Waals surface area contributed by atoms with Crippen molar-refractivity contribution in [3.05, 3.63) is 24.5 Å². The predicted octanol–water partition coefficient (Wildman–Crippen LogP) is 0.402. The highest BCUT2D eigenvalue weighted by atomic mass is 32.2. The number of nitrogens with one attached hydrogen (secondary N) is 2. The van der Waals surface area contributed by atoms with Gasteiger partial charge in [0.2, 0.25) is 10.0 Å². The van der Waals surface area contributed by atoms with Gasteiger partial charge in [0.15, 0.2) is 6.10 Å². The van der Waals surface area contributed by atoms with Crippen molar-refractivity contribution in [3.63, 3.8) is 0 Å². The van der Waals surface area contributed by atoms with Gasteiger partial charge >= 0.3 is 12.0 Å². The number of amides is 3. The quantitative estimate of drug-likeness (QED) is 0.631. The van der Waals surface area contributed by atoms with Crippen LogP contribution in [0, 0.1) is 5.92 Å². The number of carbonyl (C=O) groups is 3. The van der Waals surface area contributed by atoms with Crippen LogP contribution in [0.4, 0.5) is 4.79 Å². The SMILES string of the molecule is CC(OC(=O)C1CCN(S(=O)(=O)c2cccnc2)CC1)C(=O)NC(=O)NC1CC1. The van der Waals surface area contributed by atoms with Crippen molar-refractivity contribution < 1.29 is 27.5 Å². The smallest absolute Gasteiger partial charge is 0.321 e. The Bertz CT molecular complexity index is 864. The molecule has 10 nitrogen and oxygen atoms in total. The molecule has 1 aromatic rings. The molecule has 2 aliphatic rings. The second kappa shape index (κ2) is 8.87. The van der Waals surface area contributed by atoms with Crippen molar-refractivity contribution in [3.8, 4) is 0 Å². The molecular formula is C18H24N4O6S. The van der Waals surface area contributed by atoms with Gasteiger partial charge in [-0.3, -0.25) is 19.9 Å². The second-order valence-electron chi connectivity index (χ2n) is 7.18. The number of carbonyl (C=O) groups excluding carboxylic acids is 3. The van der Waals surface area contributed by atoms with Crippen LogP contribution in [0.1, 0.15) is 32.6 Å². The number of esters is 1. The Kier molecular flexibility index (Phi) is 6.48. The number of pyridine rings is 1. The fourth-order valence-electron chi connectivity index (χ4n) is 2.97. The lowest BCUT2D eigenvalue weighted by molar-refractivity contribution is -0.159. The van der Waals surface area contributed by atoms with Gasteiger partial charge in [-0.05, 0) is 44.7 Å². The Labute approximate surface area is 169 Å². The van der Waals surface area contributed by atoms with Gasteiger partial charge in [-0.15, -0.1) is 0 Å². The molecule has 1 atom stereocenters. The minimum Gasteiger partial charge on any atom is -0.452 e. The molecule has 1 saturated heterocycles. The zero-order valence-electron chi connectivity index (χ0n) is 16.0. The molecule has 0 bridgehead atoms. The highest BCUT2D eigenvalue weighted by Gasteiger charge is 2.34. The number of nitrogens with zero attached hydrogens (tertiary/aromatic N) is 2. The lowest BCUT2D eigenvalue weighted by Crippen LogP contribution is -2.46. The molecule has 29 heavy (non-hydrogen) atoms. The van der Waals surface area contributed by atoms with Crippen LogP contribution >= 0.6 is 0 Å². The summed E-state index contributed by atoms with van der Waals surface area (Å²) in [5.41, 5.74) is 0. The summed E-state index contributed by atoms with van der Waals surface area (Å²) in [7, 11) is -3.66. The van der Waals surface area contributed by atoms with Crippen molar-refractivity contribution in [2.24, 2.45) is 5.92 Å². The Morgan fingerprint density at radius 3 is 2.48 bits per heavy atom. The van der Waals surface area contributed by atoms with Gasteiger partial charge in [-0.25, -0.2) is 13.2 Å². The molecule has 2 heterocycles. The van der Waals surface area contributed by atoms with E-state index in [2.05, 4.69) is 15.6 Å². The van der Waals surface area contributed by atoms with Crippen LogP contribution in [0.25, 0.3) is 0 Å². The first-order chi connectivity index (χ1) is 13.8. The average molecular weight is 424 g/mol. The average Bonchev–Trinajstić information content (AvgIpc) is 3.52. The van der Waals surface area contributed by atoms with Crippen LogP contribution in [0.5, 0.6) is 0 Å². The number of imide groups is 1. The van der Waals surface area contributed by atoms with E-state index in [0.29, 0.717) is 0 Å². The Morgan fingerprint density at radius 1 is 1.21 bits per heavy atom. The standard InChI is InChI=1S/C18H24N4O6S/c1-12(16(23)21-18(25)20-14-4-5-14)28-17(24)13-6-9-22(10-7-13)29(26,27)15-3-2-8-19-11-15/h2-3,8,11-14H,4-7,9-10H2,1H3,(H2,20,21,23,25). The lowest BCUT2D eigenvalue weighted by Gasteiger charge is -2.30. The minimum atomic E-state index is -3.66. The first-order valence-electron chi connectivity index (χ1n) is 9.49. The van der Waals surface area contributed by atoms with E-state index in [-0.39, 0.29) is 36.9 Å². The fourth-order valence-corrected chi connectivity index (χ4v) is 4.40. The first-order valence-corrected chi connectivity index (χ1v) is 10.9. The topological polar surface area (TPSA) is 135 Å². The number of sulfonamides is 1. The molecule has 2 fully saturated rings. The van der Waals surface area contributed by atoms with Crippen LogP contribution in [-0.2, 0) is 24.3 Å². The molecule has 3 amide bonds. The van der Waals surface area contributed by atoms with E-state index < -0.39 is 40.0 Å². The summed E-state index contributed by atoms with van der Waals surface area (Å²) in [5, 5.41) is 4.76. The van der Waals surface area contributed by atoms with E-state index in [0.717, 1.165) is 12.8 Å². The Balaban J connectivity index is 1.47. The summed E-state index contributed by atoms with van der Waals surface area (Å²) in [5.74, 6) is -1.78. The van der Waals surface area contributed by atoms with Crippen LogP contribution in [0.3, 0.4) is 0 Å². The fraction of sp³-hybridized carbons (Fsp3) is 0.556. The van der Waals surface area contributed by atoms with E-state index in [1.807, 2.05) is 0 Å². The third kappa shape index (κ3) is 5.51. The van der Waals surface area contributed by atoms with E-state index in [4.69, 9.17) is 4.74 Å². The van der Waals surface area contributed by atoms with Crippen molar-refractivity contribution >= 4 is 27.9 Å². The molecule has 1 unspecified atom stereocenters. The molecule has 1 saturated carbocycles. The van der Waals surface area contributed by atoms with Crippen LogP contribution in [0.2, 0.25) is 0 Å². The molecular weight excluding hydrogens is 400 g/mol. The molecule has 0 radical (unpaired) electrons. The number of hydrogen-bond acceptors (Lipinski definition) is 7. The maximum Gasteiger partial charge on any atom is 0.321 e. The zero-order chi connectivity index (χ0) is 21.0. The van der Waals surface area contributed by atoms with E-state index in [1.54, 1.807) is 6.07 Å². The van der Waals surface area contributed by atoms with Crippen LogP contribution in [-0.4, -0.2) is 60.8 Å². The molecule has 158 valence electrons. The summed E-state index contributed by atoms with van der Waals surface area (Å²) < 4.78 is 31.7. The summed E-state index contributed by atoms with van der Waals surface area (Å²) >= 11 is 0. The maximum absolute atomic E-state index is 12.6. The molecule has 1 aliphatic carbocycles. The molecule has 2 N–H and O–H groups in total. The number of piperidine rings is 1. The first kappa shape index (κ1) is 21.2. The summed E-state index contributed by atoms with van der Waals surface area (Å²) in [6.07, 6.45) is 4.01. The second-order valence-corrected chi connectivity index (χ2v) is 9.12. The molecule has 3 rings (SSSR count).